The van der Waals surface area contributed by atoms with E-state index in [1.54, 1.807) is 5.57 Å². The van der Waals surface area contributed by atoms with Gasteiger partial charge < -0.3 is 0 Å². The van der Waals surface area contributed by atoms with Gasteiger partial charge in [-0.3, -0.25) is 0 Å². The standard InChI is InChI=1S/C14H21N/c1-11(2)5-4-6-13-7-8-14(10-15)12(3)9-13/h5,7,12,14H,4,6,8-9H2,1-3H3. The largest absolute Gasteiger partial charge is 0.198 e. The van der Waals surface area contributed by atoms with E-state index in [-0.39, 0.29) is 5.92 Å². The van der Waals surface area contributed by atoms with Crippen molar-refractivity contribution in [2.45, 2.75) is 46.5 Å². The molecule has 0 saturated heterocycles. The molecule has 0 fully saturated rings. The van der Waals surface area contributed by atoms with Crippen LogP contribution in [0.25, 0.3) is 0 Å². The van der Waals surface area contributed by atoms with Crippen LogP contribution in [-0.4, -0.2) is 0 Å². The molecular weight excluding hydrogens is 182 g/mol. The minimum atomic E-state index is 0.247. The Morgan fingerprint density at radius 3 is 2.87 bits per heavy atom. The number of allylic oxidation sites excluding steroid dienone is 4. The average molecular weight is 203 g/mol. The van der Waals surface area contributed by atoms with E-state index in [4.69, 9.17) is 5.26 Å². The minimum absolute atomic E-state index is 0.247. The maximum absolute atomic E-state index is 8.91. The van der Waals surface area contributed by atoms with Gasteiger partial charge >= 0.3 is 0 Å². The van der Waals surface area contributed by atoms with Gasteiger partial charge in [-0.1, -0.05) is 30.2 Å². The van der Waals surface area contributed by atoms with Crippen LogP contribution in [0.15, 0.2) is 23.3 Å². The molecule has 15 heavy (non-hydrogen) atoms. The summed E-state index contributed by atoms with van der Waals surface area (Å²) in [5.74, 6) is 0.791. The molecule has 1 heteroatoms. The molecule has 0 aliphatic heterocycles. The van der Waals surface area contributed by atoms with Gasteiger partial charge in [-0.25, -0.2) is 0 Å². The van der Waals surface area contributed by atoms with Gasteiger partial charge in [-0.15, -0.1) is 0 Å². The summed E-state index contributed by atoms with van der Waals surface area (Å²) in [7, 11) is 0. The predicted molar refractivity (Wildman–Crippen MR) is 64.2 cm³/mol. The summed E-state index contributed by atoms with van der Waals surface area (Å²) in [6, 6.07) is 2.39. The Morgan fingerprint density at radius 1 is 1.60 bits per heavy atom. The lowest BCUT2D eigenvalue weighted by Crippen LogP contribution is -2.14. The van der Waals surface area contributed by atoms with Gasteiger partial charge in [0.2, 0.25) is 0 Å². The Hall–Kier alpha value is -1.03. The molecule has 0 N–H and O–H groups in total. The Bertz CT molecular complexity index is 300. The molecular formula is C14H21N. The summed E-state index contributed by atoms with van der Waals surface area (Å²) in [6.45, 7) is 6.48. The quantitative estimate of drug-likeness (QED) is 0.630. The molecule has 0 saturated carbocycles. The lowest BCUT2D eigenvalue weighted by Gasteiger charge is -2.23. The third kappa shape index (κ3) is 3.91. The van der Waals surface area contributed by atoms with Gasteiger partial charge in [0.1, 0.15) is 0 Å². The van der Waals surface area contributed by atoms with Crippen LogP contribution in [0.4, 0.5) is 0 Å². The number of hydrogen-bond donors (Lipinski definition) is 0. The van der Waals surface area contributed by atoms with Crippen LogP contribution >= 0.6 is 0 Å². The van der Waals surface area contributed by atoms with Crippen molar-refractivity contribution in [2.24, 2.45) is 11.8 Å². The highest BCUT2D eigenvalue weighted by molar-refractivity contribution is 5.12. The van der Waals surface area contributed by atoms with E-state index in [0.29, 0.717) is 5.92 Å². The second-order valence-electron chi connectivity index (χ2n) is 4.84. The molecule has 0 amide bonds. The van der Waals surface area contributed by atoms with E-state index in [1.807, 2.05) is 0 Å². The van der Waals surface area contributed by atoms with Gasteiger partial charge in [0.15, 0.2) is 0 Å². The normalized spacial score (nSPS) is 25.3. The summed E-state index contributed by atoms with van der Waals surface area (Å²) in [5.41, 5.74) is 2.95. The van der Waals surface area contributed by atoms with Crippen molar-refractivity contribution in [1.82, 2.24) is 0 Å². The summed E-state index contributed by atoms with van der Waals surface area (Å²) in [4.78, 5) is 0. The van der Waals surface area contributed by atoms with Crippen LogP contribution < -0.4 is 0 Å². The van der Waals surface area contributed by atoms with Gasteiger partial charge in [0, 0.05) is 0 Å². The molecule has 2 unspecified atom stereocenters. The van der Waals surface area contributed by atoms with E-state index in [0.717, 1.165) is 19.3 Å². The van der Waals surface area contributed by atoms with Gasteiger partial charge in [-0.2, -0.15) is 5.26 Å². The van der Waals surface area contributed by atoms with E-state index in [1.165, 1.54) is 12.0 Å². The molecule has 0 spiro atoms. The molecule has 0 aromatic carbocycles. The Balaban J connectivity index is 2.43. The third-order valence-electron chi connectivity index (χ3n) is 3.12. The van der Waals surface area contributed by atoms with E-state index in [9.17, 15) is 0 Å². The number of nitriles is 1. The third-order valence-corrected chi connectivity index (χ3v) is 3.12. The van der Waals surface area contributed by atoms with Crippen LogP contribution in [-0.2, 0) is 0 Å². The first-order valence-electron chi connectivity index (χ1n) is 5.84. The molecule has 0 bridgehead atoms. The van der Waals surface area contributed by atoms with Crippen molar-refractivity contribution in [2.75, 3.05) is 0 Å². The van der Waals surface area contributed by atoms with Gasteiger partial charge in [-0.05, 0) is 45.4 Å². The fourth-order valence-corrected chi connectivity index (χ4v) is 2.10. The zero-order valence-corrected chi connectivity index (χ0v) is 10.1. The van der Waals surface area contributed by atoms with Gasteiger partial charge in [0.05, 0.1) is 12.0 Å². The zero-order chi connectivity index (χ0) is 11.3. The van der Waals surface area contributed by atoms with Crippen molar-refractivity contribution in [3.05, 3.63) is 23.3 Å². The van der Waals surface area contributed by atoms with Crippen LogP contribution in [0.3, 0.4) is 0 Å². The number of nitrogens with zero attached hydrogens (tertiary/aromatic N) is 1. The monoisotopic (exact) mass is 203 g/mol. The van der Waals surface area contributed by atoms with Crippen molar-refractivity contribution >= 4 is 0 Å². The van der Waals surface area contributed by atoms with Crippen molar-refractivity contribution in [1.29, 1.82) is 5.26 Å². The molecule has 2 atom stereocenters. The zero-order valence-electron chi connectivity index (χ0n) is 10.1. The molecule has 0 radical (unpaired) electrons. The molecule has 0 aromatic heterocycles. The molecule has 1 nitrogen and oxygen atoms in total. The first-order valence-corrected chi connectivity index (χ1v) is 5.84. The summed E-state index contributed by atoms with van der Waals surface area (Å²) < 4.78 is 0. The Kier molecular flexibility index (Phi) is 4.62. The first kappa shape index (κ1) is 12.0. The van der Waals surface area contributed by atoms with E-state index >= 15 is 0 Å². The van der Waals surface area contributed by atoms with E-state index in [2.05, 4.69) is 39.0 Å². The molecule has 1 aliphatic rings. The van der Waals surface area contributed by atoms with Crippen molar-refractivity contribution < 1.29 is 0 Å². The van der Waals surface area contributed by atoms with Crippen LogP contribution in [0.5, 0.6) is 0 Å². The predicted octanol–water partition coefficient (Wildman–Crippen LogP) is 4.23. The lowest BCUT2D eigenvalue weighted by molar-refractivity contribution is 0.411. The van der Waals surface area contributed by atoms with Crippen molar-refractivity contribution in [3.63, 3.8) is 0 Å². The highest BCUT2D eigenvalue weighted by atomic mass is 14.3. The number of hydrogen-bond acceptors (Lipinski definition) is 1. The Morgan fingerprint density at radius 2 is 2.33 bits per heavy atom. The highest BCUT2D eigenvalue weighted by Gasteiger charge is 2.21. The minimum Gasteiger partial charge on any atom is -0.198 e. The first-order chi connectivity index (χ1) is 7.13. The summed E-state index contributed by atoms with van der Waals surface area (Å²) in [5, 5.41) is 8.91. The number of rotatable bonds is 3. The molecule has 0 heterocycles. The van der Waals surface area contributed by atoms with Crippen LogP contribution in [0.1, 0.15) is 46.5 Å². The second kappa shape index (κ2) is 5.75. The molecule has 1 rings (SSSR count). The van der Waals surface area contributed by atoms with E-state index < -0.39 is 0 Å². The summed E-state index contributed by atoms with van der Waals surface area (Å²) in [6.07, 6.45) is 8.98. The second-order valence-corrected chi connectivity index (χ2v) is 4.84. The van der Waals surface area contributed by atoms with Gasteiger partial charge in [0.25, 0.3) is 0 Å². The van der Waals surface area contributed by atoms with Crippen molar-refractivity contribution in [3.8, 4) is 6.07 Å². The molecule has 82 valence electrons. The maximum Gasteiger partial charge on any atom is 0.0661 e. The average Bonchev–Trinajstić information content (AvgIpc) is 2.17. The van der Waals surface area contributed by atoms with Crippen LogP contribution in [0, 0.1) is 23.2 Å². The lowest BCUT2D eigenvalue weighted by atomic mass is 9.80. The highest BCUT2D eigenvalue weighted by Crippen LogP contribution is 2.30. The van der Waals surface area contributed by atoms with Crippen LogP contribution in [0.2, 0.25) is 0 Å². The SMILES string of the molecule is CC(C)=CCCC1=CCC(C#N)C(C)C1. The fraction of sp³-hybridized carbons (Fsp3) is 0.643. The molecule has 1 aliphatic carbocycles. The maximum atomic E-state index is 8.91. The molecule has 0 aromatic rings. The Labute approximate surface area is 93.5 Å². The smallest absolute Gasteiger partial charge is 0.0661 e. The summed E-state index contributed by atoms with van der Waals surface area (Å²) >= 11 is 0. The fourth-order valence-electron chi connectivity index (χ4n) is 2.10. The topological polar surface area (TPSA) is 23.8 Å².